The van der Waals surface area contributed by atoms with E-state index >= 15 is 0 Å². The van der Waals surface area contributed by atoms with Crippen molar-refractivity contribution in [2.75, 3.05) is 4.90 Å². The minimum Gasteiger partial charge on any atom is -0.455 e. The molecule has 11 aromatic rings. The van der Waals surface area contributed by atoms with E-state index < -0.39 is 0 Å². The van der Waals surface area contributed by atoms with Gasteiger partial charge in [0.25, 0.3) is 0 Å². The van der Waals surface area contributed by atoms with Crippen LogP contribution in [0.2, 0.25) is 0 Å². The Balaban J connectivity index is 1.03. The first-order valence-electron chi connectivity index (χ1n) is 20.7. The Morgan fingerprint density at radius 1 is 0.417 bits per heavy atom. The van der Waals surface area contributed by atoms with E-state index in [-0.39, 0.29) is 5.41 Å². The number of benzene rings is 9. The molecule has 284 valence electrons. The van der Waals surface area contributed by atoms with Crippen molar-refractivity contribution in [2.45, 2.75) is 19.3 Å². The molecule has 12 rings (SSSR count). The summed E-state index contributed by atoms with van der Waals surface area (Å²) in [5.41, 5.74) is 17.3. The van der Waals surface area contributed by atoms with Crippen LogP contribution in [0.5, 0.6) is 0 Å². The van der Waals surface area contributed by atoms with Gasteiger partial charge in [-0.2, -0.15) is 0 Å². The zero-order valence-corrected chi connectivity index (χ0v) is 34.1. The monoisotopic (exact) mass is 785 g/mol. The summed E-state index contributed by atoms with van der Waals surface area (Å²) in [5.74, 6) is 0. The predicted molar refractivity (Wildman–Crippen MR) is 255 cm³/mol. The third-order valence-electron chi connectivity index (χ3n) is 12.7. The quantitative estimate of drug-likeness (QED) is 0.167. The van der Waals surface area contributed by atoms with Crippen LogP contribution in [0.3, 0.4) is 0 Å². The normalized spacial score (nSPS) is 13.0. The van der Waals surface area contributed by atoms with Crippen molar-refractivity contribution in [1.29, 1.82) is 0 Å². The highest BCUT2D eigenvalue weighted by molar-refractivity contribution is 7.25. The van der Waals surface area contributed by atoms with Crippen LogP contribution in [0.25, 0.3) is 86.6 Å². The molecule has 2 nitrogen and oxygen atoms in total. The van der Waals surface area contributed by atoms with Crippen LogP contribution in [-0.2, 0) is 5.41 Å². The lowest BCUT2D eigenvalue weighted by atomic mass is 9.82. The van der Waals surface area contributed by atoms with E-state index in [1.807, 2.05) is 11.3 Å². The number of hydrogen-bond acceptors (Lipinski definition) is 3. The van der Waals surface area contributed by atoms with Gasteiger partial charge in [-0.15, -0.1) is 11.3 Å². The second-order valence-corrected chi connectivity index (χ2v) is 17.6. The fourth-order valence-electron chi connectivity index (χ4n) is 9.69. The van der Waals surface area contributed by atoms with E-state index in [9.17, 15) is 0 Å². The smallest absolute Gasteiger partial charge is 0.143 e. The Labute approximate surface area is 353 Å². The molecule has 60 heavy (non-hydrogen) atoms. The van der Waals surface area contributed by atoms with Crippen LogP contribution >= 0.6 is 11.3 Å². The van der Waals surface area contributed by atoms with E-state index in [1.54, 1.807) is 0 Å². The number of furan rings is 1. The van der Waals surface area contributed by atoms with E-state index in [1.165, 1.54) is 64.7 Å². The van der Waals surface area contributed by atoms with Gasteiger partial charge >= 0.3 is 0 Å². The minimum absolute atomic E-state index is 0.186. The molecule has 0 saturated heterocycles. The van der Waals surface area contributed by atoms with Gasteiger partial charge in [0.15, 0.2) is 0 Å². The van der Waals surface area contributed by atoms with E-state index in [0.29, 0.717) is 0 Å². The fourth-order valence-corrected chi connectivity index (χ4v) is 10.8. The minimum atomic E-state index is -0.186. The standard InChI is InChI=1S/C57H39NOS/c1-57(2)49-31-25-39(36-13-5-3-6-14-36)33-47(49)44-30-29-42(35-50(44)57)58(41-27-23-37(24-28-41)40-26-32-54-48(34-40)45-17-9-10-22-53(45)60-54)51-20-12-21-52-55(51)46-19-11-18-43(56(46)59-52)38-15-7-4-8-16-38/h3-35H,1-2H3. The van der Waals surface area contributed by atoms with Gasteiger partial charge in [-0.25, -0.2) is 0 Å². The highest BCUT2D eigenvalue weighted by atomic mass is 32.1. The molecule has 0 fully saturated rings. The van der Waals surface area contributed by atoms with Crippen molar-refractivity contribution in [3.05, 3.63) is 211 Å². The van der Waals surface area contributed by atoms with E-state index in [4.69, 9.17) is 4.42 Å². The maximum atomic E-state index is 6.81. The summed E-state index contributed by atoms with van der Waals surface area (Å²) in [6.07, 6.45) is 0. The Morgan fingerprint density at radius 3 is 1.90 bits per heavy atom. The molecule has 1 aliphatic carbocycles. The van der Waals surface area contributed by atoms with Crippen LogP contribution in [0, 0.1) is 0 Å². The summed E-state index contributed by atoms with van der Waals surface area (Å²) < 4.78 is 9.45. The summed E-state index contributed by atoms with van der Waals surface area (Å²) in [4.78, 5) is 2.43. The first-order valence-corrected chi connectivity index (χ1v) is 21.5. The lowest BCUT2D eigenvalue weighted by Gasteiger charge is -2.29. The zero-order valence-electron chi connectivity index (χ0n) is 33.3. The number of rotatable bonds is 6. The largest absolute Gasteiger partial charge is 0.455 e. The van der Waals surface area contributed by atoms with Crippen molar-refractivity contribution in [1.82, 2.24) is 0 Å². The maximum absolute atomic E-state index is 6.81. The molecular weight excluding hydrogens is 747 g/mol. The van der Waals surface area contributed by atoms with Crippen LogP contribution in [-0.4, -0.2) is 0 Å². The van der Waals surface area contributed by atoms with Crippen LogP contribution < -0.4 is 4.90 Å². The Morgan fingerprint density at radius 2 is 1.07 bits per heavy atom. The Kier molecular flexibility index (Phi) is 7.79. The van der Waals surface area contributed by atoms with Crippen molar-refractivity contribution in [3.8, 4) is 44.5 Å². The molecule has 2 heterocycles. The topological polar surface area (TPSA) is 16.4 Å². The second kappa shape index (κ2) is 13.4. The molecule has 0 aliphatic heterocycles. The Hall–Kier alpha value is -7.20. The summed E-state index contributed by atoms with van der Waals surface area (Å²) >= 11 is 1.86. The predicted octanol–water partition coefficient (Wildman–Crippen LogP) is 16.7. The van der Waals surface area contributed by atoms with Crippen molar-refractivity contribution in [3.63, 3.8) is 0 Å². The van der Waals surface area contributed by atoms with Gasteiger partial charge in [-0.3, -0.25) is 0 Å². The summed E-state index contributed by atoms with van der Waals surface area (Å²) in [5, 5.41) is 4.82. The molecule has 0 saturated carbocycles. The average Bonchev–Trinajstić information content (AvgIpc) is 3.95. The van der Waals surface area contributed by atoms with Crippen LogP contribution in [0.4, 0.5) is 17.1 Å². The molecule has 0 spiro atoms. The molecule has 2 aromatic heterocycles. The number of thiophene rings is 1. The van der Waals surface area contributed by atoms with Gasteiger partial charge in [0.2, 0.25) is 0 Å². The lowest BCUT2D eigenvalue weighted by Crippen LogP contribution is -2.16. The van der Waals surface area contributed by atoms with E-state index in [0.717, 1.165) is 50.1 Å². The molecule has 9 aromatic carbocycles. The summed E-state index contributed by atoms with van der Waals surface area (Å²) in [7, 11) is 0. The van der Waals surface area contributed by atoms with Gasteiger partial charge in [0.05, 0.1) is 11.1 Å². The van der Waals surface area contributed by atoms with Gasteiger partial charge < -0.3 is 9.32 Å². The van der Waals surface area contributed by atoms with Crippen LogP contribution in [0.1, 0.15) is 25.0 Å². The van der Waals surface area contributed by atoms with Crippen LogP contribution in [0.15, 0.2) is 205 Å². The SMILES string of the molecule is CC1(C)c2ccc(-c3ccccc3)cc2-c2ccc(N(c3ccc(-c4ccc5sc6ccccc6c5c4)cc3)c3cccc4oc5c(-c6ccccc6)cccc5c34)cc21. The highest BCUT2D eigenvalue weighted by Gasteiger charge is 2.36. The number of anilines is 3. The van der Waals surface area contributed by atoms with Crippen molar-refractivity contribution in [2.24, 2.45) is 0 Å². The molecule has 0 unspecified atom stereocenters. The molecule has 0 bridgehead atoms. The second-order valence-electron chi connectivity index (χ2n) is 16.5. The Bertz CT molecular complexity index is 3450. The molecule has 0 N–H and O–H groups in total. The first kappa shape index (κ1) is 34.8. The average molecular weight is 786 g/mol. The summed E-state index contributed by atoms with van der Waals surface area (Å²) in [6.45, 7) is 4.73. The summed E-state index contributed by atoms with van der Waals surface area (Å²) in [6, 6.07) is 73.0. The lowest BCUT2D eigenvalue weighted by molar-refractivity contribution is 0.660. The molecule has 1 aliphatic rings. The van der Waals surface area contributed by atoms with Gasteiger partial charge in [-0.05, 0) is 111 Å². The van der Waals surface area contributed by atoms with Crippen molar-refractivity contribution < 1.29 is 4.42 Å². The number of fused-ring (bicyclic) bond motifs is 9. The number of nitrogens with zero attached hydrogens (tertiary/aromatic N) is 1. The third kappa shape index (κ3) is 5.40. The highest BCUT2D eigenvalue weighted by Crippen LogP contribution is 2.53. The zero-order chi connectivity index (χ0) is 40.0. The van der Waals surface area contributed by atoms with Gasteiger partial charge in [0.1, 0.15) is 11.2 Å². The first-order chi connectivity index (χ1) is 29.5. The molecule has 0 atom stereocenters. The number of hydrogen-bond donors (Lipinski definition) is 0. The van der Waals surface area contributed by atoms with Gasteiger partial charge in [-0.1, -0.05) is 153 Å². The third-order valence-corrected chi connectivity index (χ3v) is 13.8. The van der Waals surface area contributed by atoms with Crippen molar-refractivity contribution >= 4 is 70.5 Å². The van der Waals surface area contributed by atoms with Gasteiger partial charge in [0, 0.05) is 47.9 Å². The molecule has 0 amide bonds. The molecule has 0 radical (unpaired) electrons. The molecular formula is C57H39NOS. The maximum Gasteiger partial charge on any atom is 0.143 e. The molecule has 3 heteroatoms. The van der Waals surface area contributed by atoms with E-state index in [2.05, 4.69) is 219 Å². The number of para-hydroxylation sites is 1. The fraction of sp³-hybridized carbons (Fsp3) is 0.0526.